The van der Waals surface area contributed by atoms with E-state index in [1.165, 1.54) is 6.92 Å². The highest BCUT2D eigenvalue weighted by Gasteiger charge is 2.25. The molecule has 8 heteroatoms. The average molecular weight is 536 g/mol. The number of phenols is 1. The van der Waals surface area contributed by atoms with E-state index in [2.05, 4.69) is 15.2 Å². The van der Waals surface area contributed by atoms with Crippen molar-refractivity contribution in [2.45, 2.75) is 51.7 Å². The van der Waals surface area contributed by atoms with Gasteiger partial charge in [-0.25, -0.2) is 0 Å². The number of carbonyl (C=O) groups is 2. The Balaban J connectivity index is 1.25. The largest absolute Gasteiger partial charge is 0.505 e. The second-order valence-corrected chi connectivity index (χ2v) is 10.2. The Bertz CT molecular complexity index is 1240. The van der Waals surface area contributed by atoms with E-state index in [-0.39, 0.29) is 40.9 Å². The third-order valence-electron chi connectivity index (χ3n) is 6.78. The number of aromatic hydroxyl groups is 1. The van der Waals surface area contributed by atoms with Gasteiger partial charge < -0.3 is 20.1 Å². The van der Waals surface area contributed by atoms with Crippen LogP contribution in [0.5, 0.6) is 5.75 Å². The van der Waals surface area contributed by atoms with Crippen molar-refractivity contribution in [2.24, 2.45) is 0 Å². The van der Waals surface area contributed by atoms with Gasteiger partial charge in [0.2, 0.25) is 5.91 Å². The number of phenolic OH excluding ortho intramolecular Hbond substituents is 1. The molecule has 3 aromatic rings. The van der Waals surface area contributed by atoms with Gasteiger partial charge in [-0.3, -0.25) is 14.6 Å². The zero-order chi connectivity index (χ0) is 27.1. The van der Waals surface area contributed by atoms with Gasteiger partial charge in [0.1, 0.15) is 11.9 Å². The van der Waals surface area contributed by atoms with Crippen LogP contribution < -0.4 is 5.32 Å². The van der Waals surface area contributed by atoms with E-state index in [4.69, 9.17) is 16.3 Å². The molecule has 2 aromatic carbocycles. The molecule has 1 fully saturated rings. The number of ether oxygens (including phenoxy) is 1. The van der Waals surface area contributed by atoms with Crippen LogP contribution >= 0.6 is 11.6 Å². The van der Waals surface area contributed by atoms with E-state index in [1.54, 1.807) is 18.3 Å². The molecule has 1 atom stereocenters. The maximum atomic E-state index is 12.5. The van der Waals surface area contributed by atoms with Gasteiger partial charge in [0, 0.05) is 30.7 Å². The number of nitrogens with zero attached hydrogens (tertiary/aromatic N) is 2. The minimum absolute atomic E-state index is 0.108. The first kappa shape index (κ1) is 27.8. The van der Waals surface area contributed by atoms with Crippen molar-refractivity contribution < 1.29 is 19.4 Å². The maximum absolute atomic E-state index is 12.5. The lowest BCUT2D eigenvalue weighted by Gasteiger charge is -2.34. The van der Waals surface area contributed by atoms with E-state index in [0.29, 0.717) is 17.9 Å². The number of halogens is 1. The summed E-state index contributed by atoms with van der Waals surface area (Å²) in [4.78, 5) is 31.1. The normalized spacial score (nSPS) is 15.2. The minimum atomic E-state index is -0.254. The number of benzene rings is 2. The molecule has 2 heterocycles. The van der Waals surface area contributed by atoms with E-state index in [9.17, 15) is 14.7 Å². The number of hydrogen-bond acceptors (Lipinski definition) is 6. The van der Waals surface area contributed by atoms with Gasteiger partial charge in [-0.15, -0.1) is 0 Å². The van der Waals surface area contributed by atoms with E-state index < -0.39 is 0 Å². The summed E-state index contributed by atoms with van der Waals surface area (Å²) in [6, 6.07) is 16.9. The lowest BCUT2D eigenvalue weighted by atomic mass is 10.0. The predicted molar refractivity (Wildman–Crippen MR) is 149 cm³/mol. The predicted octanol–water partition coefficient (Wildman–Crippen LogP) is 5.94. The molecule has 200 valence electrons. The number of piperidine rings is 1. The molecule has 1 amide bonds. The molecule has 0 aliphatic carbocycles. The van der Waals surface area contributed by atoms with Gasteiger partial charge in [-0.2, -0.15) is 0 Å². The molecule has 0 spiro atoms. The monoisotopic (exact) mass is 535 g/mol. The van der Waals surface area contributed by atoms with Crippen LogP contribution in [0.4, 0.5) is 5.69 Å². The summed E-state index contributed by atoms with van der Waals surface area (Å²) in [7, 11) is 0. The Morgan fingerprint density at radius 3 is 2.55 bits per heavy atom. The summed E-state index contributed by atoms with van der Waals surface area (Å²) < 4.78 is 6.56. The number of rotatable bonds is 10. The Morgan fingerprint density at radius 1 is 1.16 bits per heavy atom. The summed E-state index contributed by atoms with van der Waals surface area (Å²) >= 11 is 6.09. The number of aryl methyl sites for hydroxylation is 1. The van der Waals surface area contributed by atoms with Gasteiger partial charge in [0.15, 0.2) is 5.78 Å². The summed E-state index contributed by atoms with van der Waals surface area (Å²) in [6.45, 7) is 5.80. The fourth-order valence-corrected chi connectivity index (χ4v) is 4.89. The summed E-state index contributed by atoms with van der Waals surface area (Å²) in [5.41, 5.74) is 3.19. The van der Waals surface area contributed by atoms with Crippen LogP contribution in [0.25, 0.3) is 0 Å². The minimum Gasteiger partial charge on any atom is -0.505 e. The van der Waals surface area contributed by atoms with Crippen molar-refractivity contribution in [3.05, 3.63) is 88.2 Å². The van der Waals surface area contributed by atoms with Crippen LogP contribution in [0.2, 0.25) is 5.02 Å². The Labute approximate surface area is 228 Å². The quantitative estimate of drug-likeness (QED) is 0.246. The molecule has 0 saturated carbocycles. The third kappa shape index (κ3) is 7.40. The van der Waals surface area contributed by atoms with Crippen LogP contribution in [0.3, 0.4) is 0 Å². The zero-order valence-corrected chi connectivity index (χ0v) is 22.6. The SMILES string of the molecule is CC(=O)c1cc(C)cc(NC(=O)CCCN2CCC(OC(c3ccc(Cl)cc3)c3ccccn3)CC2)c1O. The van der Waals surface area contributed by atoms with Gasteiger partial charge in [-0.05, 0) is 87.2 Å². The molecule has 7 nitrogen and oxygen atoms in total. The number of pyridine rings is 1. The number of amides is 1. The number of likely N-dealkylation sites (tertiary alicyclic amines) is 1. The fourth-order valence-electron chi connectivity index (χ4n) is 4.77. The van der Waals surface area contributed by atoms with Crippen LogP contribution in [-0.4, -0.2) is 52.4 Å². The fraction of sp³-hybridized carbons (Fsp3) is 0.367. The lowest BCUT2D eigenvalue weighted by Crippen LogP contribution is -2.38. The van der Waals surface area contributed by atoms with Crippen molar-refractivity contribution >= 4 is 29.0 Å². The van der Waals surface area contributed by atoms with Crippen LogP contribution in [0, 0.1) is 6.92 Å². The number of aromatic nitrogens is 1. The van der Waals surface area contributed by atoms with Gasteiger partial charge in [-0.1, -0.05) is 29.8 Å². The lowest BCUT2D eigenvalue weighted by molar-refractivity contribution is -0.116. The molecule has 4 rings (SSSR count). The van der Waals surface area contributed by atoms with Gasteiger partial charge in [0.25, 0.3) is 0 Å². The third-order valence-corrected chi connectivity index (χ3v) is 7.03. The second kappa shape index (κ2) is 13.0. The first-order valence-corrected chi connectivity index (χ1v) is 13.4. The molecule has 1 aliphatic rings. The van der Waals surface area contributed by atoms with E-state index >= 15 is 0 Å². The molecule has 1 saturated heterocycles. The summed E-state index contributed by atoms with van der Waals surface area (Å²) in [5, 5.41) is 13.8. The summed E-state index contributed by atoms with van der Waals surface area (Å²) in [6.07, 6.45) is 4.46. The molecule has 0 radical (unpaired) electrons. The molecule has 0 bridgehead atoms. The highest BCUT2D eigenvalue weighted by molar-refractivity contribution is 6.30. The van der Waals surface area contributed by atoms with Crippen LogP contribution in [0.1, 0.15) is 65.9 Å². The smallest absolute Gasteiger partial charge is 0.224 e. The standard InChI is InChI=1S/C30H34ClN3O4/c1-20-18-25(21(2)35)29(37)27(19-20)33-28(36)7-5-15-34-16-12-24(13-17-34)38-30(26-6-3-4-14-32-26)22-8-10-23(31)11-9-22/h3-4,6,8-11,14,18-19,24,30,37H,5,7,12-13,15-17H2,1-2H3,(H,33,36). The van der Waals surface area contributed by atoms with Crippen molar-refractivity contribution in [2.75, 3.05) is 25.0 Å². The molecule has 1 aliphatic heterocycles. The van der Waals surface area contributed by atoms with Gasteiger partial charge in [0.05, 0.1) is 23.0 Å². The zero-order valence-electron chi connectivity index (χ0n) is 21.8. The Morgan fingerprint density at radius 2 is 1.89 bits per heavy atom. The molecule has 38 heavy (non-hydrogen) atoms. The average Bonchev–Trinajstić information content (AvgIpc) is 2.91. The number of nitrogens with one attached hydrogen (secondary N) is 1. The molecule has 1 unspecified atom stereocenters. The topological polar surface area (TPSA) is 91.8 Å². The molecular weight excluding hydrogens is 502 g/mol. The molecule has 2 N–H and O–H groups in total. The Kier molecular flexibility index (Phi) is 9.50. The van der Waals surface area contributed by atoms with Crippen molar-refractivity contribution in [1.82, 2.24) is 9.88 Å². The maximum Gasteiger partial charge on any atom is 0.224 e. The first-order chi connectivity index (χ1) is 18.3. The highest BCUT2D eigenvalue weighted by Crippen LogP contribution is 2.31. The molecule has 1 aromatic heterocycles. The second-order valence-electron chi connectivity index (χ2n) is 9.78. The number of hydrogen-bond donors (Lipinski definition) is 2. The molecular formula is C30H34ClN3O4. The van der Waals surface area contributed by atoms with E-state index in [1.807, 2.05) is 49.4 Å². The number of ketones is 1. The number of Topliss-reactive ketones (excluding diaryl/α,β-unsaturated/α-hetero) is 1. The number of anilines is 1. The van der Waals surface area contributed by atoms with E-state index in [0.717, 1.165) is 49.3 Å². The Hall–Kier alpha value is -3.26. The van der Waals surface area contributed by atoms with Crippen LogP contribution in [0.15, 0.2) is 60.8 Å². The first-order valence-electron chi connectivity index (χ1n) is 13.0. The summed E-state index contributed by atoms with van der Waals surface area (Å²) in [5.74, 6) is -0.602. The van der Waals surface area contributed by atoms with Crippen molar-refractivity contribution in [3.8, 4) is 5.75 Å². The highest BCUT2D eigenvalue weighted by atomic mass is 35.5. The van der Waals surface area contributed by atoms with Crippen molar-refractivity contribution in [3.63, 3.8) is 0 Å². The van der Waals surface area contributed by atoms with Crippen molar-refractivity contribution in [1.29, 1.82) is 0 Å². The van der Waals surface area contributed by atoms with Crippen LogP contribution in [-0.2, 0) is 9.53 Å². The number of carbonyl (C=O) groups excluding carboxylic acids is 2. The van der Waals surface area contributed by atoms with Gasteiger partial charge >= 0.3 is 0 Å².